The lowest BCUT2D eigenvalue weighted by molar-refractivity contribution is -0.153. The van der Waals surface area contributed by atoms with Gasteiger partial charge in [-0.25, -0.2) is 0 Å². The monoisotopic (exact) mass is 420 g/mol. The zero-order valence-corrected chi connectivity index (χ0v) is 16.8. The zero-order valence-electron chi connectivity index (χ0n) is 15.2. The van der Waals surface area contributed by atoms with Gasteiger partial charge >= 0.3 is 5.97 Å². The molecule has 1 aliphatic heterocycles. The van der Waals surface area contributed by atoms with Crippen LogP contribution in [0.1, 0.15) is 28.1 Å². The van der Waals surface area contributed by atoms with Crippen LogP contribution in [0.4, 0.5) is 0 Å². The third kappa shape index (κ3) is 5.56. The topological polar surface area (TPSA) is 75.7 Å². The Morgan fingerprint density at radius 2 is 1.86 bits per heavy atom. The van der Waals surface area contributed by atoms with E-state index in [1.165, 1.54) is 0 Å². The van der Waals surface area contributed by atoms with E-state index in [9.17, 15) is 14.4 Å². The average Bonchev–Trinajstić information content (AvgIpc) is 3.24. The molecule has 0 radical (unpaired) electrons. The minimum absolute atomic E-state index is 0.0727. The normalized spacial score (nSPS) is 14.5. The fourth-order valence-electron chi connectivity index (χ4n) is 3.00. The van der Waals surface area contributed by atoms with Crippen molar-refractivity contribution in [1.29, 1.82) is 0 Å². The Kier molecular flexibility index (Phi) is 7.06. The number of likely N-dealkylation sites (tertiary alicyclic amines) is 1. The van der Waals surface area contributed by atoms with Crippen LogP contribution in [-0.4, -0.2) is 42.4 Å². The predicted octanol–water partition coefficient (Wildman–Crippen LogP) is 3.11. The number of amides is 2. The van der Waals surface area contributed by atoms with E-state index in [1.54, 1.807) is 40.5 Å². The van der Waals surface area contributed by atoms with Gasteiger partial charge in [0.15, 0.2) is 6.61 Å². The number of hydrogen-bond acceptors (Lipinski definition) is 5. The number of thiophene rings is 1. The summed E-state index contributed by atoms with van der Waals surface area (Å²) in [6.45, 7) is 1.10. The second-order valence-corrected chi connectivity index (χ2v) is 8.01. The summed E-state index contributed by atoms with van der Waals surface area (Å²) in [5.74, 6) is -1.07. The molecule has 8 heteroatoms. The van der Waals surface area contributed by atoms with Gasteiger partial charge in [0.25, 0.3) is 11.8 Å². The standard InChI is InChI=1S/C20H21ClN2O4S/c21-16-5-3-14(4-6-16)19(25)23-9-7-15(8-10-23)20(26)27-13-18(24)22-12-17-2-1-11-28-17/h1-6,11,15H,7-10,12-13H2,(H,22,24). The summed E-state index contributed by atoms with van der Waals surface area (Å²) in [4.78, 5) is 39.3. The first-order valence-corrected chi connectivity index (χ1v) is 10.3. The molecule has 0 spiro atoms. The number of ether oxygens (including phenoxy) is 1. The Morgan fingerprint density at radius 1 is 1.14 bits per heavy atom. The molecule has 0 aliphatic carbocycles. The van der Waals surface area contributed by atoms with Gasteiger partial charge in [-0.1, -0.05) is 17.7 Å². The lowest BCUT2D eigenvalue weighted by Crippen LogP contribution is -2.41. The minimum Gasteiger partial charge on any atom is -0.455 e. The summed E-state index contributed by atoms with van der Waals surface area (Å²) in [5.41, 5.74) is 0.577. The van der Waals surface area contributed by atoms with Gasteiger partial charge in [-0.05, 0) is 48.6 Å². The molecule has 2 amide bonds. The first kappa shape index (κ1) is 20.4. The van der Waals surface area contributed by atoms with E-state index in [2.05, 4.69) is 5.32 Å². The zero-order chi connectivity index (χ0) is 19.9. The molecule has 1 saturated heterocycles. The highest BCUT2D eigenvalue weighted by atomic mass is 35.5. The largest absolute Gasteiger partial charge is 0.455 e. The first-order valence-electron chi connectivity index (χ1n) is 9.03. The van der Waals surface area contributed by atoms with Gasteiger partial charge in [0.05, 0.1) is 12.5 Å². The summed E-state index contributed by atoms with van der Waals surface area (Å²) in [7, 11) is 0. The SMILES string of the molecule is O=C(COC(=O)C1CCN(C(=O)c2ccc(Cl)cc2)CC1)NCc1cccs1. The molecule has 0 bridgehead atoms. The average molecular weight is 421 g/mol. The van der Waals surface area contributed by atoms with Gasteiger partial charge in [0.2, 0.25) is 0 Å². The van der Waals surface area contributed by atoms with Crippen LogP contribution in [0.3, 0.4) is 0 Å². The Balaban J connectivity index is 1.39. The van der Waals surface area contributed by atoms with Crippen molar-refractivity contribution in [2.75, 3.05) is 19.7 Å². The van der Waals surface area contributed by atoms with E-state index < -0.39 is 0 Å². The van der Waals surface area contributed by atoms with Crippen LogP contribution < -0.4 is 5.32 Å². The first-order chi connectivity index (χ1) is 13.5. The van der Waals surface area contributed by atoms with Gasteiger partial charge in [-0.3, -0.25) is 14.4 Å². The number of rotatable bonds is 6. The van der Waals surface area contributed by atoms with Crippen LogP contribution in [0.2, 0.25) is 5.02 Å². The molecule has 0 saturated carbocycles. The van der Waals surface area contributed by atoms with E-state index >= 15 is 0 Å². The molecule has 1 aromatic heterocycles. The maximum atomic E-state index is 12.5. The van der Waals surface area contributed by atoms with Gasteiger partial charge in [0, 0.05) is 28.6 Å². The summed E-state index contributed by atoms with van der Waals surface area (Å²) in [5, 5.41) is 5.24. The molecule has 1 aromatic carbocycles. The highest BCUT2D eigenvalue weighted by molar-refractivity contribution is 7.09. The molecule has 6 nitrogen and oxygen atoms in total. The molecule has 148 valence electrons. The number of piperidine rings is 1. The van der Waals surface area contributed by atoms with Gasteiger partial charge in [-0.15, -0.1) is 11.3 Å². The summed E-state index contributed by atoms with van der Waals surface area (Å²) in [6.07, 6.45) is 1.05. The van der Waals surface area contributed by atoms with Crippen LogP contribution in [-0.2, 0) is 20.9 Å². The van der Waals surface area contributed by atoms with Crippen molar-refractivity contribution < 1.29 is 19.1 Å². The lowest BCUT2D eigenvalue weighted by atomic mass is 9.96. The van der Waals surface area contributed by atoms with E-state index in [0.29, 0.717) is 43.1 Å². The quantitative estimate of drug-likeness (QED) is 0.728. The molecule has 1 aliphatic rings. The van der Waals surface area contributed by atoms with E-state index in [-0.39, 0.29) is 30.3 Å². The number of carbonyl (C=O) groups is 3. The number of esters is 1. The Morgan fingerprint density at radius 3 is 2.50 bits per heavy atom. The fourth-order valence-corrected chi connectivity index (χ4v) is 3.77. The van der Waals surface area contributed by atoms with Crippen molar-refractivity contribution >= 4 is 40.7 Å². The number of nitrogens with one attached hydrogen (secondary N) is 1. The highest BCUT2D eigenvalue weighted by Crippen LogP contribution is 2.21. The number of hydrogen-bond donors (Lipinski definition) is 1. The molecule has 1 N–H and O–H groups in total. The lowest BCUT2D eigenvalue weighted by Gasteiger charge is -2.31. The number of halogens is 1. The number of nitrogens with zero attached hydrogens (tertiary/aromatic N) is 1. The summed E-state index contributed by atoms with van der Waals surface area (Å²) in [6, 6.07) is 10.6. The molecule has 3 rings (SSSR count). The van der Waals surface area contributed by atoms with Crippen LogP contribution >= 0.6 is 22.9 Å². The van der Waals surface area contributed by atoms with Crippen molar-refractivity contribution in [2.45, 2.75) is 19.4 Å². The summed E-state index contributed by atoms with van der Waals surface area (Å²) >= 11 is 7.40. The van der Waals surface area contributed by atoms with Crippen molar-refractivity contribution in [2.24, 2.45) is 5.92 Å². The van der Waals surface area contributed by atoms with Crippen molar-refractivity contribution in [1.82, 2.24) is 10.2 Å². The van der Waals surface area contributed by atoms with E-state index in [1.807, 2.05) is 17.5 Å². The van der Waals surface area contributed by atoms with E-state index in [4.69, 9.17) is 16.3 Å². The predicted molar refractivity (Wildman–Crippen MR) is 107 cm³/mol. The van der Waals surface area contributed by atoms with Crippen LogP contribution in [0.15, 0.2) is 41.8 Å². The van der Waals surface area contributed by atoms with Crippen LogP contribution in [0.5, 0.6) is 0 Å². The number of benzene rings is 1. The third-order valence-electron chi connectivity index (χ3n) is 4.59. The maximum Gasteiger partial charge on any atom is 0.309 e. The summed E-state index contributed by atoms with van der Waals surface area (Å²) < 4.78 is 5.14. The minimum atomic E-state index is -0.384. The molecule has 28 heavy (non-hydrogen) atoms. The second-order valence-electron chi connectivity index (χ2n) is 6.54. The van der Waals surface area contributed by atoms with E-state index in [0.717, 1.165) is 4.88 Å². The molecule has 0 unspecified atom stereocenters. The third-order valence-corrected chi connectivity index (χ3v) is 5.72. The Hall–Kier alpha value is -2.38. The smallest absolute Gasteiger partial charge is 0.309 e. The number of carbonyl (C=O) groups excluding carboxylic acids is 3. The van der Waals surface area contributed by atoms with Crippen molar-refractivity contribution in [3.63, 3.8) is 0 Å². The maximum absolute atomic E-state index is 12.5. The molecular weight excluding hydrogens is 400 g/mol. The van der Waals surface area contributed by atoms with Gasteiger partial charge < -0.3 is 15.0 Å². The molecule has 2 heterocycles. The molecule has 1 fully saturated rings. The molecule has 2 aromatic rings. The van der Waals surface area contributed by atoms with Gasteiger partial charge in [-0.2, -0.15) is 0 Å². The molecule has 0 atom stereocenters. The Bertz CT molecular complexity index is 815. The van der Waals surface area contributed by atoms with Gasteiger partial charge in [0.1, 0.15) is 0 Å². The van der Waals surface area contributed by atoms with Crippen LogP contribution in [0, 0.1) is 5.92 Å². The van der Waals surface area contributed by atoms with Crippen molar-refractivity contribution in [3.05, 3.63) is 57.2 Å². The fraction of sp³-hybridized carbons (Fsp3) is 0.350. The van der Waals surface area contributed by atoms with Crippen molar-refractivity contribution in [3.8, 4) is 0 Å². The second kappa shape index (κ2) is 9.71. The highest BCUT2D eigenvalue weighted by Gasteiger charge is 2.29. The Labute approximate surface area is 172 Å². The van der Waals surface area contributed by atoms with Crippen LogP contribution in [0.25, 0.3) is 0 Å². The molecular formula is C20H21ClN2O4S.